The predicted octanol–water partition coefficient (Wildman–Crippen LogP) is 3.65. The van der Waals surface area contributed by atoms with E-state index in [1.807, 2.05) is 36.4 Å². The third-order valence-electron chi connectivity index (χ3n) is 3.22. The van der Waals surface area contributed by atoms with Gasteiger partial charge in [-0.2, -0.15) is 0 Å². The van der Waals surface area contributed by atoms with Crippen molar-refractivity contribution in [3.63, 3.8) is 0 Å². The van der Waals surface area contributed by atoms with E-state index in [2.05, 4.69) is 0 Å². The van der Waals surface area contributed by atoms with Crippen LogP contribution in [0.25, 0.3) is 11.1 Å². The third-order valence-corrected chi connectivity index (χ3v) is 3.66. The number of unbranched alkanes of at least 4 members (excludes halogenated alkanes) is 1. The van der Waals surface area contributed by atoms with E-state index in [4.69, 9.17) is 21.4 Å². The SMILES string of the molecule is OCCCCOc1cccc(-c2cccc(CO)c2Cl)c1. The van der Waals surface area contributed by atoms with Crippen molar-refractivity contribution in [3.05, 3.63) is 53.1 Å². The molecule has 0 heterocycles. The number of aliphatic hydroxyl groups is 2. The molecule has 21 heavy (non-hydrogen) atoms. The second-order valence-electron chi connectivity index (χ2n) is 4.74. The molecule has 0 aromatic heterocycles. The predicted molar refractivity (Wildman–Crippen MR) is 84.6 cm³/mol. The van der Waals surface area contributed by atoms with Gasteiger partial charge in [0.15, 0.2) is 0 Å². The fourth-order valence-electron chi connectivity index (χ4n) is 2.08. The molecule has 0 saturated heterocycles. The van der Waals surface area contributed by atoms with Gasteiger partial charge in [-0.3, -0.25) is 0 Å². The Labute approximate surface area is 129 Å². The van der Waals surface area contributed by atoms with Crippen LogP contribution in [0.2, 0.25) is 5.02 Å². The smallest absolute Gasteiger partial charge is 0.119 e. The molecule has 0 saturated carbocycles. The van der Waals surface area contributed by atoms with Crippen LogP contribution in [0, 0.1) is 0 Å². The Bertz CT molecular complexity index is 584. The fourth-order valence-corrected chi connectivity index (χ4v) is 2.38. The molecule has 0 aliphatic heterocycles. The zero-order valence-electron chi connectivity index (χ0n) is 11.8. The van der Waals surface area contributed by atoms with Crippen LogP contribution >= 0.6 is 11.6 Å². The van der Waals surface area contributed by atoms with Gasteiger partial charge in [0, 0.05) is 12.2 Å². The summed E-state index contributed by atoms with van der Waals surface area (Å²) in [6.45, 7) is 0.686. The summed E-state index contributed by atoms with van der Waals surface area (Å²) >= 11 is 6.31. The lowest BCUT2D eigenvalue weighted by Crippen LogP contribution is -1.98. The molecular formula is C17H19ClO3. The van der Waals surface area contributed by atoms with Gasteiger partial charge in [0.05, 0.1) is 18.2 Å². The highest BCUT2D eigenvalue weighted by molar-refractivity contribution is 6.34. The summed E-state index contributed by atoms with van der Waals surface area (Å²) in [7, 11) is 0. The van der Waals surface area contributed by atoms with Crippen LogP contribution < -0.4 is 4.74 Å². The average molecular weight is 307 g/mol. The summed E-state index contributed by atoms with van der Waals surface area (Å²) in [6.07, 6.45) is 1.56. The van der Waals surface area contributed by atoms with Crippen molar-refractivity contribution in [1.29, 1.82) is 0 Å². The number of benzene rings is 2. The van der Waals surface area contributed by atoms with Crippen LogP contribution in [0.15, 0.2) is 42.5 Å². The second kappa shape index (κ2) is 8.03. The number of rotatable bonds is 7. The van der Waals surface area contributed by atoms with Gasteiger partial charge >= 0.3 is 0 Å². The summed E-state index contributed by atoms with van der Waals surface area (Å²) < 4.78 is 5.66. The monoisotopic (exact) mass is 306 g/mol. The molecule has 0 radical (unpaired) electrons. The minimum absolute atomic E-state index is 0.0793. The Morgan fingerprint density at radius 3 is 2.57 bits per heavy atom. The Morgan fingerprint density at radius 1 is 1.00 bits per heavy atom. The molecule has 2 rings (SSSR count). The number of hydrogen-bond donors (Lipinski definition) is 2. The normalized spacial score (nSPS) is 10.6. The van der Waals surface area contributed by atoms with Gasteiger partial charge in [-0.1, -0.05) is 41.9 Å². The van der Waals surface area contributed by atoms with Crippen molar-refractivity contribution in [2.24, 2.45) is 0 Å². The molecule has 0 amide bonds. The topological polar surface area (TPSA) is 49.7 Å². The average Bonchev–Trinajstić information content (AvgIpc) is 2.52. The first-order chi connectivity index (χ1) is 10.3. The molecule has 3 nitrogen and oxygen atoms in total. The Kier molecular flexibility index (Phi) is 6.05. The first kappa shape index (κ1) is 15.8. The lowest BCUT2D eigenvalue weighted by molar-refractivity contribution is 0.253. The lowest BCUT2D eigenvalue weighted by Gasteiger charge is -2.10. The van der Waals surface area contributed by atoms with E-state index in [1.165, 1.54) is 0 Å². The van der Waals surface area contributed by atoms with Gasteiger partial charge in [-0.05, 0) is 36.1 Å². The van der Waals surface area contributed by atoms with Gasteiger partial charge in [0.2, 0.25) is 0 Å². The Morgan fingerprint density at radius 2 is 1.81 bits per heavy atom. The van der Waals surface area contributed by atoms with E-state index < -0.39 is 0 Å². The van der Waals surface area contributed by atoms with E-state index >= 15 is 0 Å². The molecule has 0 aliphatic rings. The number of aliphatic hydroxyl groups excluding tert-OH is 2. The minimum atomic E-state index is -0.0793. The minimum Gasteiger partial charge on any atom is -0.494 e. The molecule has 0 fully saturated rings. The molecule has 4 heteroatoms. The summed E-state index contributed by atoms with van der Waals surface area (Å²) in [4.78, 5) is 0. The lowest BCUT2D eigenvalue weighted by atomic mass is 10.0. The largest absolute Gasteiger partial charge is 0.494 e. The maximum Gasteiger partial charge on any atom is 0.119 e. The maximum atomic E-state index is 9.28. The van der Waals surface area contributed by atoms with Crippen LogP contribution in [0.5, 0.6) is 5.75 Å². The number of hydrogen-bond acceptors (Lipinski definition) is 3. The molecular weight excluding hydrogens is 288 g/mol. The molecule has 0 unspecified atom stereocenters. The van der Waals surface area contributed by atoms with Crippen molar-refractivity contribution in [2.45, 2.75) is 19.4 Å². The van der Waals surface area contributed by atoms with E-state index in [-0.39, 0.29) is 13.2 Å². The highest BCUT2D eigenvalue weighted by Crippen LogP contribution is 2.32. The zero-order valence-corrected chi connectivity index (χ0v) is 12.5. The zero-order chi connectivity index (χ0) is 15.1. The highest BCUT2D eigenvalue weighted by Gasteiger charge is 2.08. The van der Waals surface area contributed by atoms with E-state index in [9.17, 15) is 5.11 Å². The van der Waals surface area contributed by atoms with Crippen LogP contribution in [-0.4, -0.2) is 23.4 Å². The van der Waals surface area contributed by atoms with Crippen molar-refractivity contribution in [3.8, 4) is 16.9 Å². The molecule has 0 aliphatic carbocycles. The second-order valence-corrected chi connectivity index (χ2v) is 5.12. The first-order valence-electron chi connectivity index (χ1n) is 6.98. The van der Waals surface area contributed by atoms with Crippen LogP contribution in [0.1, 0.15) is 18.4 Å². The quantitative estimate of drug-likeness (QED) is 0.768. The molecule has 112 valence electrons. The summed E-state index contributed by atoms with van der Waals surface area (Å²) in [5.41, 5.74) is 2.54. The van der Waals surface area contributed by atoms with Crippen molar-refractivity contribution in [1.82, 2.24) is 0 Å². The van der Waals surface area contributed by atoms with Crippen molar-refractivity contribution >= 4 is 11.6 Å². The van der Waals surface area contributed by atoms with Crippen molar-refractivity contribution in [2.75, 3.05) is 13.2 Å². The van der Waals surface area contributed by atoms with Crippen LogP contribution in [0.4, 0.5) is 0 Å². The number of halogens is 1. The van der Waals surface area contributed by atoms with Gasteiger partial charge in [-0.15, -0.1) is 0 Å². The van der Waals surface area contributed by atoms with Gasteiger partial charge in [0.25, 0.3) is 0 Å². The molecule has 2 aromatic rings. The number of ether oxygens (including phenoxy) is 1. The summed E-state index contributed by atoms with van der Waals surface area (Å²) in [6, 6.07) is 13.3. The van der Waals surface area contributed by atoms with Crippen LogP contribution in [0.3, 0.4) is 0 Å². The summed E-state index contributed by atoms with van der Waals surface area (Å²) in [5, 5.41) is 18.6. The molecule has 0 atom stereocenters. The Hall–Kier alpha value is -1.55. The molecule has 2 aromatic carbocycles. The molecule has 0 bridgehead atoms. The Balaban J connectivity index is 2.17. The third kappa shape index (κ3) is 4.21. The van der Waals surface area contributed by atoms with Gasteiger partial charge in [-0.25, -0.2) is 0 Å². The molecule has 2 N–H and O–H groups in total. The van der Waals surface area contributed by atoms with Gasteiger partial charge in [0.1, 0.15) is 5.75 Å². The first-order valence-corrected chi connectivity index (χ1v) is 7.36. The summed E-state index contributed by atoms with van der Waals surface area (Å²) in [5.74, 6) is 0.774. The highest BCUT2D eigenvalue weighted by atomic mass is 35.5. The standard InChI is InChI=1S/C17H19ClO3/c18-17-14(12-20)6-4-8-16(17)13-5-3-7-15(11-13)21-10-2-1-9-19/h3-8,11,19-20H,1-2,9-10,12H2. The van der Waals surface area contributed by atoms with E-state index in [1.54, 1.807) is 6.07 Å². The van der Waals surface area contributed by atoms with Crippen LogP contribution in [-0.2, 0) is 6.61 Å². The maximum absolute atomic E-state index is 9.28. The molecule has 0 spiro atoms. The van der Waals surface area contributed by atoms with E-state index in [0.29, 0.717) is 17.2 Å². The fraction of sp³-hybridized carbons (Fsp3) is 0.294. The van der Waals surface area contributed by atoms with E-state index in [0.717, 1.165) is 29.7 Å². The van der Waals surface area contributed by atoms with Crippen molar-refractivity contribution < 1.29 is 14.9 Å². The van der Waals surface area contributed by atoms with Gasteiger partial charge < -0.3 is 14.9 Å².